The number of thiazole rings is 1. The monoisotopic (exact) mass is 287 g/mol. The molecule has 0 aliphatic heterocycles. The highest BCUT2D eigenvalue weighted by Crippen LogP contribution is 2.08. The number of hydrogen-bond donors (Lipinski definition) is 0. The van der Waals surface area contributed by atoms with Crippen molar-refractivity contribution in [3.63, 3.8) is 0 Å². The van der Waals surface area contributed by atoms with Crippen molar-refractivity contribution in [1.29, 1.82) is 0 Å². The van der Waals surface area contributed by atoms with E-state index in [9.17, 15) is 4.79 Å². The van der Waals surface area contributed by atoms with Crippen molar-refractivity contribution in [2.45, 2.75) is 6.54 Å². The van der Waals surface area contributed by atoms with Crippen LogP contribution in [-0.4, -0.2) is 23.5 Å². The molecule has 0 spiro atoms. The van der Waals surface area contributed by atoms with Crippen molar-refractivity contribution < 1.29 is 4.57 Å². The summed E-state index contributed by atoms with van der Waals surface area (Å²) < 4.78 is 3.58. The summed E-state index contributed by atoms with van der Waals surface area (Å²) in [5.41, 5.74) is 1.89. The smallest absolute Gasteiger partial charge is 0.258 e. The molecule has 3 aromatic rings. The minimum atomic E-state index is -0.0308. The third-order valence-electron chi connectivity index (χ3n) is 3.09. The predicted molar refractivity (Wildman–Crippen MR) is 79.4 cm³/mol. The number of nitrogens with zero attached hydrogens (tertiary/aromatic N) is 4. The van der Waals surface area contributed by atoms with E-state index in [0.29, 0.717) is 6.54 Å². The first-order valence-corrected chi connectivity index (χ1v) is 7.14. The first-order chi connectivity index (χ1) is 9.63. The minimum absolute atomic E-state index is 0.0308. The predicted octanol–water partition coefficient (Wildman–Crippen LogP) is 1.16. The molecular formula is C14H15N4OS+. The largest absolute Gasteiger partial charge is 0.377 e. The number of fused-ring (bicyclic) bond motifs is 1. The lowest BCUT2D eigenvalue weighted by molar-refractivity contribution is -0.688. The maximum Gasteiger partial charge on any atom is 0.258 e. The van der Waals surface area contributed by atoms with Crippen molar-refractivity contribution in [2.75, 3.05) is 19.0 Å². The molecule has 0 radical (unpaired) electrons. The molecule has 3 aromatic heterocycles. The van der Waals surface area contributed by atoms with E-state index in [0.717, 1.165) is 16.3 Å². The molecule has 0 atom stereocenters. The lowest BCUT2D eigenvalue weighted by atomic mass is 10.3. The molecule has 3 heterocycles. The summed E-state index contributed by atoms with van der Waals surface area (Å²) in [6.07, 6.45) is 5.73. The normalized spacial score (nSPS) is 10.9. The number of aromatic nitrogens is 3. The van der Waals surface area contributed by atoms with E-state index in [-0.39, 0.29) is 5.56 Å². The molecule has 0 aromatic carbocycles. The average molecular weight is 287 g/mol. The summed E-state index contributed by atoms with van der Waals surface area (Å²) in [6.45, 7) is 0.595. The topological polar surface area (TPSA) is 41.5 Å². The van der Waals surface area contributed by atoms with Gasteiger partial charge >= 0.3 is 0 Å². The standard InChI is InChI=1S/C14H15N4OS/c1-16(2)12-3-5-17(6-4-12)10-11-9-13(19)18-7-8-20-14(18)15-11/h3-9H,10H2,1-2H3/q+1. The van der Waals surface area contributed by atoms with Crippen LogP contribution in [0.1, 0.15) is 5.69 Å². The van der Waals surface area contributed by atoms with Gasteiger partial charge in [0.2, 0.25) is 0 Å². The molecular weight excluding hydrogens is 272 g/mol. The molecule has 0 unspecified atom stereocenters. The summed E-state index contributed by atoms with van der Waals surface area (Å²) in [7, 11) is 4.01. The highest BCUT2D eigenvalue weighted by molar-refractivity contribution is 7.15. The molecule has 0 saturated carbocycles. The van der Waals surface area contributed by atoms with E-state index in [4.69, 9.17) is 0 Å². The van der Waals surface area contributed by atoms with E-state index >= 15 is 0 Å². The SMILES string of the molecule is CN(C)c1cc[n+](Cc2cc(=O)n3ccsc3n2)cc1. The van der Waals surface area contributed by atoms with Gasteiger partial charge in [-0.3, -0.25) is 9.20 Å². The van der Waals surface area contributed by atoms with Crippen LogP contribution in [0.3, 0.4) is 0 Å². The molecule has 102 valence electrons. The van der Waals surface area contributed by atoms with Gasteiger partial charge in [0.15, 0.2) is 23.9 Å². The summed E-state index contributed by atoms with van der Waals surface area (Å²) in [5, 5.41) is 1.87. The number of hydrogen-bond acceptors (Lipinski definition) is 4. The Kier molecular flexibility index (Phi) is 3.23. The van der Waals surface area contributed by atoms with Gasteiger partial charge in [0.25, 0.3) is 5.56 Å². The zero-order chi connectivity index (χ0) is 14.1. The summed E-state index contributed by atoms with van der Waals surface area (Å²) in [6, 6.07) is 5.67. The molecule has 0 fully saturated rings. The Morgan fingerprint density at radius 2 is 2.10 bits per heavy atom. The van der Waals surface area contributed by atoms with Crippen molar-refractivity contribution in [3.8, 4) is 0 Å². The van der Waals surface area contributed by atoms with E-state index in [1.54, 1.807) is 16.7 Å². The first-order valence-electron chi connectivity index (χ1n) is 6.26. The van der Waals surface area contributed by atoms with Crippen LogP contribution in [0.4, 0.5) is 5.69 Å². The van der Waals surface area contributed by atoms with Crippen molar-refractivity contribution in [1.82, 2.24) is 9.38 Å². The molecule has 0 aliphatic carbocycles. The Balaban J connectivity index is 1.90. The number of rotatable bonds is 3. The van der Waals surface area contributed by atoms with E-state index in [2.05, 4.69) is 4.98 Å². The van der Waals surface area contributed by atoms with Gasteiger partial charge in [-0.15, -0.1) is 11.3 Å². The van der Waals surface area contributed by atoms with Crippen LogP contribution in [0.15, 0.2) is 47.0 Å². The maximum absolute atomic E-state index is 11.9. The van der Waals surface area contributed by atoms with E-state index in [1.165, 1.54) is 11.3 Å². The zero-order valence-corrected chi connectivity index (χ0v) is 12.2. The molecule has 0 aliphatic rings. The molecule has 5 nitrogen and oxygen atoms in total. The fourth-order valence-corrected chi connectivity index (χ4v) is 2.75. The van der Waals surface area contributed by atoms with Crippen LogP contribution in [0.5, 0.6) is 0 Å². The van der Waals surface area contributed by atoms with Crippen LogP contribution in [0, 0.1) is 0 Å². The molecule has 3 rings (SSSR count). The zero-order valence-electron chi connectivity index (χ0n) is 11.4. The first kappa shape index (κ1) is 12.8. The van der Waals surface area contributed by atoms with Gasteiger partial charge < -0.3 is 4.90 Å². The number of anilines is 1. The van der Waals surface area contributed by atoms with Crippen molar-refractivity contribution >= 4 is 22.0 Å². The highest BCUT2D eigenvalue weighted by atomic mass is 32.1. The molecule has 20 heavy (non-hydrogen) atoms. The number of pyridine rings is 1. The fourth-order valence-electron chi connectivity index (χ4n) is 2.01. The summed E-state index contributed by atoms with van der Waals surface area (Å²) >= 11 is 1.47. The van der Waals surface area contributed by atoms with E-state index < -0.39 is 0 Å². The lowest BCUT2D eigenvalue weighted by Gasteiger charge is -2.10. The highest BCUT2D eigenvalue weighted by Gasteiger charge is 2.08. The summed E-state index contributed by atoms with van der Waals surface area (Å²) in [4.78, 5) is 19.2. The Morgan fingerprint density at radius 1 is 1.35 bits per heavy atom. The molecule has 6 heteroatoms. The van der Waals surface area contributed by atoms with Crippen LogP contribution in [0.25, 0.3) is 4.96 Å². The van der Waals surface area contributed by atoms with Gasteiger partial charge in [-0.1, -0.05) is 0 Å². The van der Waals surface area contributed by atoms with Crippen LogP contribution in [0.2, 0.25) is 0 Å². The van der Waals surface area contributed by atoms with Crippen LogP contribution in [-0.2, 0) is 6.54 Å². The minimum Gasteiger partial charge on any atom is -0.377 e. The molecule has 0 bridgehead atoms. The van der Waals surface area contributed by atoms with Crippen molar-refractivity contribution in [2.24, 2.45) is 0 Å². The Labute approximate surface area is 120 Å². The van der Waals surface area contributed by atoms with Crippen LogP contribution < -0.4 is 15.0 Å². The summed E-state index contributed by atoms with van der Waals surface area (Å²) in [5.74, 6) is 0. The van der Waals surface area contributed by atoms with E-state index in [1.807, 2.05) is 53.5 Å². The second-order valence-corrected chi connectivity index (χ2v) is 5.64. The Bertz CT molecular complexity index is 789. The quantitative estimate of drug-likeness (QED) is 0.679. The molecule has 0 N–H and O–H groups in total. The third kappa shape index (κ3) is 2.42. The fraction of sp³-hybridized carbons (Fsp3) is 0.214. The molecule has 0 saturated heterocycles. The van der Waals surface area contributed by atoms with Crippen molar-refractivity contribution in [3.05, 3.63) is 58.2 Å². The molecule has 0 amide bonds. The Hall–Kier alpha value is -2.21. The second-order valence-electron chi connectivity index (χ2n) is 4.76. The van der Waals surface area contributed by atoms with Gasteiger partial charge in [-0.2, -0.15) is 4.57 Å². The Morgan fingerprint density at radius 3 is 2.80 bits per heavy atom. The lowest BCUT2D eigenvalue weighted by Crippen LogP contribution is -2.34. The van der Waals surface area contributed by atoms with Gasteiger partial charge in [-0.25, -0.2) is 4.98 Å². The van der Waals surface area contributed by atoms with Gasteiger partial charge in [0.05, 0.1) is 0 Å². The van der Waals surface area contributed by atoms with Crippen LogP contribution >= 0.6 is 11.3 Å². The van der Waals surface area contributed by atoms with Gasteiger partial charge in [-0.05, 0) is 0 Å². The van der Waals surface area contributed by atoms with Gasteiger partial charge in [0.1, 0.15) is 5.69 Å². The maximum atomic E-state index is 11.9. The second kappa shape index (κ2) is 5.05. The van der Waals surface area contributed by atoms with Gasteiger partial charge in [0, 0.05) is 49.6 Å². The third-order valence-corrected chi connectivity index (χ3v) is 3.85. The average Bonchev–Trinajstić information content (AvgIpc) is 2.88.